The minimum atomic E-state index is -0.321. The van der Waals surface area contributed by atoms with Crippen LogP contribution in [0.1, 0.15) is 27.6 Å². The lowest BCUT2D eigenvalue weighted by Crippen LogP contribution is -2.31. The number of Topliss-reactive ketones (excluding diaryl/α,β-unsaturated/α-hetero) is 1. The Balaban J connectivity index is 2.95. The number of rotatable bonds is 4. The summed E-state index contributed by atoms with van der Waals surface area (Å²) in [5, 5.41) is 0. The summed E-state index contributed by atoms with van der Waals surface area (Å²) in [7, 11) is 1.53. The number of carbonyl (C=O) groups is 3. The van der Waals surface area contributed by atoms with Crippen molar-refractivity contribution in [3.8, 4) is 0 Å². The molecule has 0 saturated carbocycles. The molecule has 0 bridgehead atoms. The van der Waals surface area contributed by atoms with E-state index < -0.39 is 0 Å². The van der Waals surface area contributed by atoms with Crippen LogP contribution in [0.5, 0.6) is 0 Å². The van der Waals surface area contributed by atoms with Crippen LogP contribution in [0.15, 0.2) is 24.3 Å². The second-order valence-electron chi connectivity index (χ2n) is 3.57. The molecule has 0 aliphatic rings. The van der Waals surface area contributed by atoms with Crippen molar-refractivity contribution in [1.29, 1.82) is 0 Å². The summed E-state index contributed by atoms with van der Waals surface area (Å²) in [4.78, 5) is 34.8. The van der Waals surface area contributed by atoms with Crippen LogP contribution >= 0.6 is 0 Å². The van der Waals surface area contributed by atoms with Gasteiger partial charge in [0, 0.05) is 12.6 Å². The maximum absolute atomic E-state index is 11.9. The highest BCUT2D eigenvalue weighted by molar-refractivity contribution is 6.02. The van der Waals surface area contributed by atoms with E-state index >= 15 is 0 Å². The van der Waals surface area contributed by atoms with Crippen LogP contribution in [0.3, 0.4) is 0 Å². The van der Waals surface area contributed by atoms with E-state index in [9.17, 15) is 14.4 Å². The zero-order valence-electron chi connectivity index (χ0n) is 9.27. The van der Waals surface area contributed by atoms with Gasteiger partial charge in [0.15, 0.2) is 6.29 Å². The third-order valence-electron chi connectivity index (χ3n) is 2.12. The standard InChI is InChI=1S/C12H13NO3/c1-9(15)7-13(2)12(16)11-6-4-3-5-10(11)8-14/h3-6,8H,7H2,1-2H3. The Bertz CT molecular complexity index is 426. The Hall–Kier alpha value is -1.97. The summed E-state index contributed by atoms with van der Waals surface area (Å²) >= 11 is 0. The van der Waals surface area contributed by atoms with Gasteiger partial charge in [-0.15, -0.1) is 0 Å². The van der Waals surface area contributed by atoms with Crippen LogP contribution in [0, 0.1) is 0 Å². The molecule has 0 aliphatic heterocycles. The Labute approximate surface area is 93.9 Å². The van der Waals surface area contributed by atoms with Crippen LogP contribution in [-0.2, 0) is 4.79 Å². The lowest BCUT2D eigenvalue weighted by Gasteiger charge is -2.16. The third kappa shape index (κ3) is 2.76. The average molecular weight is 219 g/mol. The fourth-order valence-corrected chi connectivity index (χ4v) is 1.41. The summed E-state index contributed by atoms with van der Waals surface area (Å²) < 4.78 is 0. The first-order valence-corrected chi connectivity index (χ1v) is 4.85. The molecule has 0 saturated heterocycles. The molecule has 0 N–H and O–H groups in total. The van der Waals surface area contributed by atoms with E-state index in [1.165, 1.54) is 18.9 Å². The first-order valence-electron chi connectivity index (χ1n) is 4.85. The molecule has 0 spiro atoms. The SMILES string of the molecule is CC(=O)CN(C)C(=O)c1ccccc1C=O. The smallest absolute Gasteiger partial charge is 0.254 e. The molecule has 0 fully saturated rings. The highest BCUT2D eigenvalue weighted by atomic mass is 16.2. The minimum Gasteiger partial charge on any atom is -0.334 e. The lowest BCUT2D eigenvalue weighted by molar-refractivity contribution is -0.117. The van der Waals surface area contributed by atoms with Crippen molar-refractivity contribution in [2.45, 2.75) is 6.92 Å². The van der Waals surface area contributed by atoms with Gasteiger partial charge in [-0.1, -0.05) is 18.2 Å². The van der Waals surface area contributed by atoms with Gasteiger partial charge in [0.2, 0.25) is 0 Å². The number of amides is 1. The van der Waals surface area contributed by atoms with Gasteiger partial charge in [-0.3, -0.25) is 14.4 Å². The quantitative estimate of drug-likeness (QED) is 0.714. The van der Waals surface area contributed by atoms with Crippen LogP contribution in [0.4, 0.5) is 0 Å². The number of carbonyl (C=O) groups excluding carboxylic acids is 3. The van der Waals surface area contributed by atoms with Crippen LogP contribution in [0.25, 0.3) is 0 Å². The zero-order valence-corrected chi connectivity index (χ0v) is 9.27. The van der Waals surface area contributed by atoms with Gasteiger partial charge in [-0.25, -0.2) is 0 Å². The summed E-state index contributed by atoms with van der Waals surface area (Å²) in [6.45, 7) is 1.46. The second-order valence-corrected chi connectivity index (χ2v) is 3.57. The van der Waals surface area contributed by atoms with E-state index in [0.29, 0.717) is 17.4 Å². The van der Waals surface area contributed by atoms with E-state index in [2.05, 4.69) is 0 Å². The molecule has 0 unspecified atom stereocenters. The summed E-state index contributed by atoms with van der Waals surface area (Å²) in [6, 6.07) is 6.51. The molecular formula is C12H13NO3. The molecule has 1 amide bonds. The molecule has 0 aromatic heterocycles. The number of hydrogen-bond donors (Lipinski definition) is 0. The minimum absolute atomic E-state index is 0.0476. The van der Waals surface area contributed by atoms with Crippen molar-refractivity contribution in [1.82, 2.24) is 4.90 Å². The highest BCUT2D eigenvalue weighted by Crippen LogP contribution is 2.08. The molecule has 16 heavy (non-hydrogen) atoms. The maximum Gasteiger partial charge on any atom is 0.254 e. The topological polar surface area (TPSA) is 54.5 Å². The normalized spacial score (nSPS) is 9.62. The molecule has 4 nitrogen and oxygen atoms in total. The highest BCUT2D eigenvalue weighted by Gasteiger charge is 2.15. The first-order chi connectivity index (χ1) is 7.56. The van der Waals surface area contributed by atoms with E-state index in [-0.39, 0.29) is 18.2 Å². The Morgan fingerprint density at radius 3 is 2.50 bits per heavy atom. The van der Waals surface area contributed by atoms with E-state index in [0.717, 1.165) is 0 Å². The average Bonchev–Trinajstić information content (AvgIpc) is 2.27. The van der Waals surface area contributed by atoms with Crippen molar-refractivity contribution in [3.63, 3.8) is 0 Å². The molecule has 1 rings (SSSR count). The fourth-order valence-electron chi connectivity index (χ4n) is 1.41. The Morgan fingerprint density at radius 1 is 1.31 bits per heavy atom. The molecule has 0 aliphatic carbocycles. The number of likely N-dealkylation sites (N-methyl/N-ethyl adjacent to an activating group) is 1. The van der Waals surface area contributed by atoms with E-state index in [1.807, 2.05) is 0 Å². The number of ketones is 1. The van der Waals surface area contributed by atoms with E-state index in [1.54, 1.807) is 24.3 Å². The van der Waals surface area contributed by atoms with Crippen molar-refractivity contribution >= 4 is 18.0 Å². The zero-order chi connectivity index (χ0) is 12.1. The van der Waals surface area contributed by atoms with Gasteiger partial charge in [-0.05, 0) is 13.0 Å². The Morgan fingerprint density at radius 2 is 1.94 bits per heavy atom. The van der Waals surface area contributed by atoms with Crippen LogP contribution in [-0.4, -0.2) is 36.5 Å². The predicted molar refractivity (Wildman–Crippen MR) is 59.5 cm³/mol. The van der Waals surface area contributed by atoms with Crippen molar-refractivity contribution < 1.29 is 14.4 Å². The largest absolute Gasteiger partial charge is 0.334 e. The summed E-state index contributed by atoms with van der Waals surface area (Å²) in [6.07, 6.45) is 0.634. The van der Waals surface area contributed by atoms with Crippen LogP contribution < -0.4 is 0 Å². The van der Waals surface area contributed by atoms with Gasteiger partial charge in [0.05, 0.1) is 12.1 Å². The predicted octanol–water partition coefficient (Wildman–Crippen LogP) is 1.16. The van der Waals surface area contributed by atoms with Gasteiger partial charge in [-0.2, -0.15) is 0 Å². The van der Waals surface area contributed by atoms with Crippen LogP contribution in [0.2, 0.25) is 0 Å². The van der Waals surface area contributed by atoms with Gasteiger partial charge in [0.25, 0.3) is 5.91 Å². The van der Waals surface area contributed by atoms with Crippen molar-refractivity contribution in [2.24, 2.45) is 0 Å². The first kappa shape index (κ1) is 12.1. The molecule has 0 heterocycles. The number of nitrogens with zero attached hydrogens (tertiary/aromatic N) is 1. The van der Waals surface area contributed by atoms with Crippen molar-refractivity contribution in [2.75, 3.05) is 13.6 Å². The number of benzene rings is 1. The molecule has 1 aromatic carbocycles. The third-order valence-corrected chi connectivity index (χ3v) is 2.12. The molecule has 0 atom stereocenters. The lowest BCUT2D eigenvalue weighted by atomic mass is 10.1. The monoisotopic (exact) mass is 219 g/mol. The van der Waals surface area contributed by atoms with E-state index in [4.69, 9.17) is 0 Å². The molecular weight excluding hydrogens is 206 g/mol. The second kappa shape index (κ2) is 5.21. The summed E-state index contributed by atoms with van der Waals surface area (Å²) in [5.74, 6) is -0.419. The number of hydrogen-bond acceptors (Lipinski definition) is 3. The fraction of sp³-hybridized carbons (Fsp3) is 0.250. The van der Waals surface area contributed by atoms with Crippen molar-refractivity contribution in [3.05, 3.63) is 35.4 Å². The molecule has 84 valence electrons. The van der Waals surface area contributed by atoms with Gasteiger partial charge < -0.3 is 4.90 Å². The molecule has 4 heteroatoms. The van der Waals surface area contributed by atoms with Gasteiger partial charge >= 0.3 is 0 Å². The number of aldehydes is 1. The Kier molecular flexibility index (Phi) is 3.94. The van der Waals surface area contributed by atoms with Gasteiger partial charge in [0.1, 0.15) is 5.78 Å². The maximum atomic E-state index is 11.9. The molecule has 1 aromatic rings. The summed E-state index contributed by atoms with van der Waals surface area (Å²) in [5.41, 5.74) is 0.657. The molecule has 0 radical (unpaired) electrons.